The van der Waals surface area contributed by atoms with Gasteiger partial charge in [0.05, 0.1) is 18.7 Å². The summed E-state index contributed by atoms with van der Waals surface area (Å²) in [5.41, 5.74) is 0.818. The third kappa shape index (κ3) is 4.98. The first kappa shape index (κ1) is 22.6. The number of amides is 1. The van der Waals surface area contributed by atoms with Gasteiger partial charge in [-0.15, -0.1) is 0 Å². The van der Waals surface area contributed by atoms with E-state index in [0.29, 0.717) is 5.56 Å². The van der Waals surface area contributed by atoms with Crippen molar-refractivity contribution >= 4 is 11.9 Å². The van der Waals surface area contributed by atoms with Crippen LogP contribution in [0.1, 0.15) is 44.2 Å². The molecule has 1 aliphatic rings. The van der Waals surface area contributed by atoms with Crippen LogP contribution in [0.4, 0.5) is 13.2 Å². The molecule has 0 aromatic heterocycles. The lowest BCUT2D eigenvalue weighted by atomic mass is 9.83. The van der Waals surface area contributed by atoms with Crippen LogP contribution in [0.25, 0.3) is 0 Å². The first-order valence-electron chi connectivity index (χ1n) is 10.1. The molecule has 2 aromatic carbocycles. The Kier molecular flexibility index (Phi) is 6.83. The lowest BCUT2D eigenvalue weighted by Crippen LogP contribution is -2.38. The summed E-state index contributed by atoms with van der Waals surface area (Å²) in [5.74, 6) is -3.53. The van der Waals surface area contributed by atoms with E-state index >= 15 is 0 Å². The molecule has 0 spiro atoms. The van der Waals surface area contributed by atoms with Crippen molar-refractivity contribution in [1.82, 2.24) is 4.90 Å². The second-order valence-electron chi connectivity index (χ2n) is 7.98. The SMILES string of the molecule is CC1=C(C(=O)OCC(C)C)C(c2ccc(F)cc2)CC(=O)N1Cc1c(F)cccc1F. The molecule has 31 heavy (non-hydrogen) atoms. The minimum atomic E-state index is -0.773. The smallest absolute Gasteiger partial charge is 0.336 e. The van der Waals surface area contributed by atoms with Crippen molar-refractivity contribution in [2.75, 3.05) is 6.61 Å². The maximum Gasteiger partial charge on any atom is 0.336 e. The molecule has 3 rings (SSSR count). The summed E-state index contributed by atoms with van der Waals surface area (Å²) in [6, 6.07) is 9.02. The van der Waals surface area contributed by atoms with Gasteiger partial charge in [-0.25, -0.2) is 18.0 Å². The highest BCUT2D eigenvalue weighted by atomic mass is 19.1. The molecule has 0 aliphatic carbocycles. The second kappa shape index (κ2) is 9.37. The summed E-state index contributed by atoms with van der Waals surface area (Å²) in [6.45, 7) is 5.17. The van der Waals surface area contributed by atoms with Crippen molar-refractivity contribution in [2.45, 2.75) is 39.7 Å². The fourth-order valence-corrected chi connectivity index (χ4v) is 3.61. The number of esters is 1. The Hall–Kier alpha value is -3.09. The number of halogens is 3. The Morgan fingerprint density at radius 2 is 1.71 bits per heavy atom. The molecule has 1 atom stereocenters. The number of carbonyl (C=O) groups is 2. The van der Waals surface area contributed by atoms with Gasteiger partial charge in [0.1, 0.15) is 17.5 Å². The van der Waals surface area contributed by atoms with Crippen LogP contribution < -0.4 is 0 Å². The highest BCUT2D eigenvalue weighted by Crippen LogP contribution is 2.38. The van der Waals surface area contributed by atoms with Gasteiger partial charge in [0.15, 0.2) is 0 Å². The molecule has 0 saturated heterocycles. The Bertz CT molecular complexity index is 995. The molecule has 2 aromatic rings. The number of carbonyl (C=O) groups excluding carboxylic acids is 2. The molecule has 0 radical (unpaired) electrons. The van der Waals surface area contributed by atoms with E-state index in [1.807, 2.05) is 13.8 Å². The normalized spacial score (nSPS) is 16.8. The van der Waals surface area contributed by atoms with Gasteiger partial charge < -0.3 is 9.64 Å². The first-order chi connectivity index (χ1) is 14.7. The van der Waals surface area contributed by atoms with Gasteiger partial charge in [-0.3, -0.25) is 4.79 Å². The van der Waals surface area contributed by atoms with Gasteiger partial charge in [-0.05, 0) is 42.7 Å². The van der Waals surface area contributed by atoms with E-state index < -0.39 is 35.2 Å². The van der Waals surface area contributed by atoms with E-state index in [1.54, 1.807) is 6.92 Å². The van der Waals surface area contributed by atoms with E-state index in [2.05, 4.69) is 0 Å². The summed E-state index contributed by atoms with van der Waals surface area (Å²) in [6.07, 6.45) is -0.106. The molecule has 164 valence electrons. The number of benzene rings is 2. The molecule has 1 unspecified atom stereocenters. The molecule has 0 bridgehead atoms. The largest absolute Gasteiger partial charge is 0.462 e. The molecular weight excluding hydrogens is 407 g/mol. The van der Waals surface area contributed by atoms with Crippen LogP contribution in [0, 0.1) is 23.4 Å². The van der Waals surface area contributed by atoms with Gasteiger partial charge in [0.2, 0.25) is 5.91 Å². The standard InChI is InChI=1S/C24H24F3NO3/c1-14(2)13-31-24(30)23-15(3)28(12-19-20(26)5-4-6-21(19)27)22(29)11-18(23)16-7-9-17(25)10-8-16/h4-10,14,18H,11-13H2,1-3H3. The van der Waals surface area contributed by atoms with Gasteiger partial charge >= 0.3 is 5.97 Å². The van der Waals surface area contributed by atoms with E-state index in [1.165, 1.54) is 35.2 Å². The third-order valence-electron chi connectivity index (χ3n) is 5.24. The van der Waals surface area contributed by atoms with Crippen LogP contribution in [-0.2, 0) is 20.9 Å². The average molecular weight is 431 g/mol. The van der Waals surface area contributed by atoms with Crippen LogP contribution in [-0.4, -0.2) is 23.4 Å². The Labute approximate surface area is 179 Å². The molecule has 4 nitrogen and oxygen atoms in total. The number of allylic oxidation sites excluding steroid dienone is 1. The summed E-state index contributed by atoms with van der Waals surface area (Å²) in [4.78, 5) is 27.1. The first-order valence-corrected chi connectivity index (χ1v) is 10.1. The number of nitrogens with zero attached hydrogens (tertiary/aromatic N) is 1. The van der Waals surface area contributed by atoms with Crippen LogP contribution in [0.15, 0.2) is 53.7 Å². The molecule has 7 heteroatoms. The van der Waals surface area contributed by atoms with E-state index in [4.69, 9.17) is 4.74 Å². The van der Waals surface area contributed by atoms with Crippen molar-refractivity contribution in [3.05, 3.63) is 82.3 Å². The third-order valence-corrected chi connectivity index (χ3v) is 5.24. The van der Waals surface area contributed by atoms with Crippen molar-refractivity contribution < 1.29 is 27.5 Å². The van der Waals surface area contributed by atoms with Gasteiger partial charge in [0, 0.05) is 23.6 Å². The summed E-state index contributed by atoms with van der Waals surface area (Å²) in [7, 11) is 0. The Morgan fingerprint density at radius 1 is 1.10 bits per heavy atom. The molecule has 1 heterocycles. The molecule has 0 fully saturated rings. The zero-order valence-electron chi connectivity index (χ0n) is 17.6. The van der Waals surface area contributed by atoms with E-state index in [0.717, 1.165) is 12.1 Å². The Balaban J connectivity index is 2.04. The van der Waals surface area contributed by atoms with Crippen molar-refractivity contribution in [3.63, 3.8) is 0 Å². The van der Waals surface area contributed by atoms with Crippen LogP contribution in [0.5, 0.6) is 0 Å². The lowest BCUT2D eigenvalue weighted by molar-refractivity contribution is -0.141. The van der Waals surface area contributed by atoms with Crippen LogP contribution in [0.2, 0.25) is 0 Å². The predicted octanol–water partition coefficient (Wildman–Crippen LogP) is 5.09. The summed E-state index contributed by atoms with van der Waals surface area (Å²) >= 11 is 0. The van der Waals surface area contributed by atoms with Gasteiger partial charge in [-0.2, -0.15) is 0 Å². The number of hydrogen-bond acceptors (Lipinski definition) is 3. The van der Waals surface area contributed by atoms with Gasteiger partial charge in [0.25, 0.3) is 0 Å². The number of rotatable bonds is 6. The predicted molar refractivity (Wildman–Crippen MR) is 109 cm³/mol. The maximum atomic E-state index is 14.2. The fraction of sp³-hybridized carbons (Fsp3) is 0.333. The van der Waals surface area contributed by atoms with Crippen molar-refractivity contribution in [3.8, 4) is 0 Å². The van der Waals surface area contributed by atoms with Crippen molar-refractivity contribution in [2.24, 2.45) is 5.92 Å². The topological polar surface area (TPSA) is 46.6 Å². The summed E-state index contributed by atoms with van der Waals surface area (Å²) < 4.78 is 47.2. The summed E-state index contributed by atoms with van der Waals surface area (Å²) in [5, 5.41) is 0. The Morgan fingerprint density at radius 3 is 2.29 bits per heavy atom. The molecule has 0 N–H and O–H groups in total. The van der Waals surface area contributed by atoms with Gasteiger partial charge in [-0.1, -0.05) is 32.0 Å². The fourth-order valence-electron chi connectivity index (χ4n) is 3.61. The maximum absolute atomic E-state index is 14.2. The zero-order valence-corrected chi connectivity index (χ0v) is 17.6. The minimum Gasteiger partial charge on any atom is -0.462 e. The zero-order chi connectivity index (χ0) is 22.7. The second-order valence-corrected chi connectivity index (χ2v) is 7.98. The van der Waals surface area contributed by atoms with Crippen LogP contribution >= 0.6 is 0 Å². The average Bonchev–Trinajstić information content (AvgIpc) is 2.71. The van der Waals surface area contributed by atoms with Crippen molar-refractivity contribution in [1.29, 1.82) is 0 Å². The number of hydrogen-bond donors (Lipinski definition) is 0. The number of ether oxygens (including phenoxy) is 1. The lowest BCUT2D eigenvalue weighted by Gasteiger charge is -2.34. The quantitative estimate of drug-likeness (QED) is 0.599. The molecule has 0 saturated carbocycles. The minimum absolute atomic E-state index is 0.1000. The van der Waals surface area contributed by atoms with E-state index in [-0.39, 0.29) is 42.3 Å². The monoisotopic (exact) mass is 431 g/mol. The highest BCUT2D eigenvalue weighted by molar-refractivity contribution is 5.95. The van der Waals surface area contributed by atoms with E-state index in [9.17, 15) is 22.8 Å². The highest BCUT2D eigenvalue weighted by Gasteiger charge is 2.37. The molecular formula is C24H24F3NO3. The van der Waals surface area contributed by atoms with Crippen LogP contribution in [0.3, 0.4) is 0 Å². The molecule has 1 aliphatic heterocycles. The molecule has 1 amide bonds.